The Hall–Kier alpha value is -2.84. The third kappa shape index (κ3) is 5.89. The smallest absolute Gasteiger partial charge is 0.257 e. The zero-order valence-electron chi connectivity index (χ0n) is 18.5. The van der Waals surface area contributed by atoms with Crippen LogP contribution in [-0.2, 0) is 35.2 Å². The van der Waals surface area contributed by atoms with Crippen molar-refractivity contribution < 1.29 is 12.8 Å². The van der Waals surface area contributed by atoms with Crippen molar-refractivity contribution in [2.75, 3.05) is 0 Å². The topological polar surface area (TPSA) is 95.0 Å². The predicted molar refractivity (Wildman–Crippen MR) is 124 cm³/mol. The molecule has 0 aliphatic heterocycles. The minimum atomic E-state index is -3.78. The van der Waals surface area contributed by atoms with E-state index in [0.29, 0.717) is 41.1 Å². The zero-order valence-corrected chi connectivity index (χ0v) is 19.3. The second kappa shape index (κ2) is 9.75. The van der Waals surface area contributed by atoms with Crippen LogP contribution in [0.1, 0.15) is 36.2 Å². The molecule has 1 aromatic heterocycles. The second-order valence-corrected chi connectivity index (χ2v) is 10.0. The number of aryl methyl sites for hydroxylation is 2. The molecule has 0 aliphatic rings. The highest BCUT2D eigenvalue weighted by Crippen LogP contribution is 2.24. The maximum Gasteiger partial charge on any atom is 0.257 e. The first-order valence-electron chi connectivity index (χ1n) is 10.5. The molecule has 0 bridgehead atoms. The Morgan fingerprint density at radius 2 is 1.84 bits per heavy atom. The van der Waals surface area contributed by atoms with Crippen molar-refractivity contribution in [3.8, 4) is 11.4 Å². The van der Waals surface area contributed by atoms with Gasteiger partial charge >= 0.3 is 0 Å². The van der Waals surface area contributed by atoms with Crippen LogP contribution in [0.5, 0.6) is 0 Å². The van der Waals surface area contributed by atoms with Gasteiger partial charge in [-0.15, -0.1) is 0 Å². The van der Waals surface area contributed by atoms with Crippen molar-refractivity contribution in [1.82, 2.24) is 9.55 Å². The molecule has 32 heavy (non-hydrogen) atoms. The zero-order chi connectivity index (χ0) is 23.5. The van der Waals surface area contributed by atoms with Crippen LogP contribution in [-0.4, -0.2) is 18.0 Å². The van der Waals surface area contributed by atoms with Crippen molar-refractivity contribution in [3.05, 3.63) is 87.1 Å². The monoisotopic (exact) mass is 457 g/mol. The normalized spacial score (nSPS) is 11.8. The van der Waals surface area contributed by atoms with Crippen molar-refractivity contribution in [2.45, 2.75) is 45.9 Å². The molecule has 2 N–H and O–H groups in total. The molecular weight excluding hydrogens is 429 g/mol. The minimum absolute atomic E-state index is 0.164. The van der Waals surface area contributed by atoms with Crippen LogP contribution in [0.25, 0.3) is 11.4 Å². The molecule has 0 saturated carbocycles. The van der Waals surface area contributed by atoms with Crippen molar-refractivity contribution in [3.63, 3.8) is 0 Å². The van der Waals surface area contributed by atoms with Crippen molar-refractivity contribution in [1.29, 1.82) is 0 Å². The molecule has 3 rings (SSSR count). The van der Waals surface area contributed by atoms with E-state index < -0.39 is 10.0 Å². The van der Waals surface area contributed by atoms with Gasteiger partial charge in [-0.25, -0.2) is 22.9 Å². The van der Waals surface area contributed by atoms with Gasteiger partial charge in [-0.3, -0.25) is 9.36 Å². The first-order valence-corrected chi connectivity index (χ1v) is 12.2. The van der Waals surface area contributed by atoms with Gasteiger partial charge in [0, 0.05) is 23.4 Å². The number of nitrogens with two attached hydrogens (primary N) is 1. The molecule has 6 nitrogen and oxygen atoms in total. The van der Waals surface area contributed by atoms with Gasteiger partial charge < -0.3 is 0 Å². The van der Waals surface area contributed by atoms with E-state index in [9.17, 15) is 17.6 Å². The highest BCUT2D eigenvalue weighted by Gasteiger charge is 2.20. The highest BCUT2D eigenvalue weighted by molar-refractivity contribution is 7.88. The van der Waals surface area contributed by atoms with Gasteiger partial charge in [-0.2, -0.15) is 0 Å². The van der Waals surface area contributed by atoms with Gasteiger partial charge in [0.15, 0.2) is 0 Å². The summed E-state index contributed by atoms with van der Waals surface area (Å²) in [5, 5.41) is 5.29. The summed E-state index contributed by atoms with van der Waals surface area (Å²) in [5.74, 6) is -0.0532. The molecule has 0 atom stereocenters. The molecule has 0 unspecified atom stereocenters. The van der Waals surface area contributed by atoms with E-state index in [2.05, 4.69) is 0 Å². The van der Waals surface area contributed by atoms with Gasteiger partial charge in [-0.05, 0) is 48.9 Å². The summed E-state index contributed by atoms with van der Waals surface area (Å²) in [6, 6.07) is 13.1. The third-order valence-electron chi connectivity index (χ3n) is 5.21. The van der Waals surface area contributed by atoms with Crippen LogP contribution in [0.2, 0.25) is 0 Å². The summed E-state index contributed by atoms with van der Waals surface area (Å²) in [7, 11) is -3.78. The first-order chi connectivity index (χ1) is 15.0. The lowest BCUT2D eigenvalue weighted by Crippen LogP contribution is -2.30. The first kappa shape index (κ1) is 23.8. The third-order valence-corrected chi connectivity index (χ3v) is 5.92. The second-order valence-electron chi connectivity index (χ2n) is 8.40. The average Bonchev–Trinajstić information content (AvgIpc) is 2.69. The van der Waals surface area contributed by atoms with Gasteiger partial charge in [0.25, 0.3) is 5.56 Å². The summed E-state index contributed by atoms with van der Waals surface area (Å²) >= 11 is 0. The standard InChI is InChI=1S/C24H28FN3O3S/c1-16(2)13-22-17(3)27-23(21-10-5-4-8-19(21)15-32(26,30)31)28(24(22)29)12-11-18-7-6-9-20(25)14-18/h4-10,14,16H,11-13,15H2,1-3H3,(H2,26,30,31). The Balaban J connectivity index is 2.16. The molecule has 1 heterocycles. The number of primary sulfonamides is 1. The van der Waals surface area contributed by atoms with Gasteiger partial charge in [0.1, 0.15) is 11.6 Å². The fourth-order valence-corrected chi connectivity index (χ4v) is 4.46. The molecule has 0 aliphatic carbocycles. The van der Waals surface area contributed by atoms with E-state index in [1.54, 1.807) is 47.9 Å². The number of hydrogen-bond acceptors (Lipinski definition) is 4. The van der Waals surface area contributed by atoms with Crippen LogP contribution in [0.15, 0.2) is 53.3 Å². The molecule has 0 spiro atoms. The maximum atomic E-state index is 13.6. The maximum absolute atomic E-state index is 13.6. The van der Waals surface area contributed by atoms with E-state index in [-0.39, 0.29) is 29.6 Å². The van der Waals surface area contributed by atoms with Crippen LogP contribution >= 0.6 is 0 Å². The van der Waals surface area contributed by atoms with Crippen LogP contribution in [0, 0.1) is 18.7 Å². The molecule has 0 saturated heterocycles. The Kier molecular flexibility index (Phi) is 7.26. The average molecular weight is 458 g/mol. The number of sulfonamides is 1. The Bertz CT molecular complexity index is 1280. The number of halogens is 1. The summed E-state index contributed by atoms with van der Waals surface area (Å²) in [4.78, 5) is 18.2. The lowest BCUT2D eigenvalue weighted by molar-refractivity contribution is 0.596. The summed E-state index contributed by atoms with van der Waals surface area (Å²) in [6.45, 7) is 6.14. The molecule has 0 amide bonds. The number of nitrogens with zero attached hydrogens (tertiary/aromatic N) is 2. The number of rotatable bonds is 8. The molecule has 3 aromatic rings. The van der Waals surface area contributed by atoms with Crippen molar-refractivity contribution in [2.24, 2.45) is 11.1 Å². The lowest BCUT2D eigenvalue weighted by atomic mass is 10.0. The quantitative estimate of drug-likeness (QED) is 0.559. The van der Waals surface area contributed by atoms with Crippen molar-refractivity contribution >= 4 is 10.0 Å². The molecule has 0 fully saturated rings. The van der Waals surface area contributed by atoms with E-state index in [1.165, 1.54) is 12.1 Å². The molecular formula is C24H28FN3O3S. The Morgan fingerprint density at radius 1 is 1.12 bits per heavy atom. The predicted octanol–water partition coefficient (Wildman–Crippen LogP) is 3.59. The molecule has 2 aromatic carbocycles. The fourth-order valence-electron chi connectivity index (χ4n) is 3.77. The van der Waals surface area contributed by atoms with Gasteiger partial charge in [0.2, 0.25) is 10.0 Å². The fraction of sp³-hybridized carbons (Fsp3) is 0.333. The van der Waals surface area contributed by atoms with Gasteiger partial charge in [-0.1, -0.05) is 50.2 Å². The molecule has 170 valence electrons. The minimum Gasteiger partial charge on any atom is -0.292 e. The number of hydrogen-bond donors (Lipinski definition) is 1. The largest absolute Gasteiger partial charge is 0.292 e. The summed E-state index contributed by atoms with van der Waals surface area (Å²) in [6.07, 6.45) is 1.00. The number of benzene rings is 2. The lowest BCUT2D eigenvalue weighted by Gasteiger charge is -2.18. The van der Waals surface area contributed by atoms with Crippen LogP contribution < -0.4 is 10.7 Å². The van der Waals surface area contributed by atoms with Crippen LogP contribution in [0.4, 0.5) is 4.39 Å². The molecule has 8 heteroatoms. The van der Waals surface area contributed by atoms with E-state index in [4.69, 9.17) is 10.1 Å². The summed E-state index contributed by atoms with van der Waals surface area (Å²) < 4.78 is 38.8. The Labute approximate surface area is 188 Å². The van der Waals surface area contributed by atoms with E-state index in [1.807, 2.05) is 13.8 Å². The van der Waals surface area contributed by atoms with E-state index >= 15 is 0 Å². The Morgan fingerprint density at radius 3 is 2.50 bits per heavy atom. The number of aromatic nitrogens is 2. The summed E-state index contributed by atoms with van der Waals surface area (Å²) in [5.41, 5.74) is 2.85. The SMILES string of the molecule is Cc1nc(-c2ccccc2CS(N)(=O)=O)n(CCc2cccc(F)c2)c(=O)c1CC(C)C. The van der Waals surface area contributed by atoms with E-state index in [0.717, 1.165) is 5.56 Å². The molecule has 0 radical (unpaired) electrons. The highest BCUT2D eigenvalue weighted by atomic mass is 32.2. The van der Waals surface area contributed by atoms with Gasteiger partial charge in [0.05, 0.1) is 5.75 Å². The van der Waals surface area contributed by atoms with Crippen LogP contribution in [0.3, 0.4) is 0 Å².